The van der Waals surface area contributed by atoms with Gasteiger partial charge < -0.3 is 13.9 Å². The Labute approximate surface area is 184 Å². The summed E-state index contributed by atoms with van der Waals surface area (Å²) in [6.07, 6.45) is 0. The van der Waals surface area contributed by atoms with Gasteiger partial charge in [-0.05, 0) is 29.0 Å². The quantitative estimate of drug-likeness (QED) is 0.466. The van der Waals surface area contributed by atoms with Crippen molar-refractivity contribution in [1.82, 2.24) is 4.98 Å². The van der Waals surface area contributed by atoms with Crippen molar-refractivity contribution in [3.8, 4) is 29.0 Å². The summed E-state index contributed by atoms with van der Waals surface area (Å²) in [5, 5.41) is 11.5. The van der Waals surface area contributed by atoms with Gasteiger partial charge in [-0.3, -0.25) is 0 Å². The molecule has 9 heteroatoms. The summed E-state index contributed by atoms with van der Waals surface area (Å²) in [7, 11) is -2.74. The third-order valence-electron chi connectivity index (χ3n) is 5.19. The first-order valence-electron chi connectivity index (χ1n) is 9.76. The van der Waals surface area contributed by atoms with Gasteiger partial charge in [0.1, 0.15) is 19.3 Å². The zero-order valence-corrected chi connectivity index (χ0v) is 17.8. The number of fused-ring (bicyclic) bond motifs is 2. The summed E-state index contributed by atoms with van der Waals surface area (Å²) in [6.45, 7) is 0.737. The van der Waals surface area contributed by atoms with Crippen LogP contribution < -0.4 is 13.8 Å². The van der Waals surface area contributed by atoms with E-state index >= 15 is 0 Å². The lowest BCUT2D eigenvalue weighted by molar-refractivity contribution is 0.171. The third kappa shape index (κ3) is 3.21. The maximum Gasteiger partial charge on any atom is 0.266 e. The first-order chi connectivity index (χ1) is 15.5. The number of hydrogen-bond acceptors (Lipinski definition) is 7. The maximum absolute atomic E-state index is 13.3. The van der Waals surface area contributed by atoms with E-state index in [0.29, 0.717) is 30.3 Å². The van der Waals surface area contributed by atoms with Gasteiger partial charge in [0.2, 0.25) is 17.5 Å². The number of sulfonamides is 1. The van der Waals surface area contributed by atoms with Crippen LogP contribution in [-0.2, 0) is 10.0 Å². The first-order valence-corrected chi connectivity index (χ1v) is 11.2. The molecule has 0 amide bonds. The number of ether oxygens (including phenoxy) is 2. The second-order valence-corrected chi connectivity index (χ2v) is 9.06. The van der Waals surface area contributed by atoms with Crippen molar-refractivity contribution in [3.05, 3.63) is 66.4 Å². The molecule has 0 saturated carbocycles. The van der Waals surface area contributed by atoms with E-state index in [1.54, 1.807) is 6.07 Å². The molecule has 32 heavy (non-hydrogen) atoms. The highest BCUT2D eigenvalue weighted by atomic mass is 32.2. The fraction of sp³-hybridized carbons (Fsp3) is 0.130. The predicted octanol–water partition coefficient (Wildman–Crippen LogP) is 3.96. The lowest BCUT2D eigenvalue weighted by atomic mass is 10.0. The highest BCUT2D eigenvalue weighted by molar-refractivity contribution is 7.92. The van der Waals surface area contributed by atoms with Crippen LogP contribution in [0.1, 0.15) is 5.69 Å². The largest absolute Gasteiger partial charge is 0.486 e. The number of oxazole rings is 1. The zero-order chi connectivity index (χ0) is 22.3. The molecule has 4 aromatic rings. The van der Waals surface area contributed by atoms with Crippen LogP contribution in [0, 0.1) is 11.3 Å². The molecule has 8 nitrogen and oxygen atoms in total. The van der Waals surface area contributed by atoms with E-state index in [1.807, 2.05) is 48.5 Å². The van der Waals surface area contributed by atoms with Crippen LogP contribution in [0.3, 0.4) is 0 Å². The third-order valence-corrected chi connectivity index (χ3v) is 6.93. The van der Waals surface area contributed by atoms with Crippen LogP contribution in [0.5, 0.6) is 11.5 Å². The van der Waals surface area contributed by atoms with Gasteiger partial charge in [-0.1, -0.05) is 36.4 Å². The molecule has 0 atom stereocenters. The number of aromatic nitrogens is 1. The molecule has 0 spiro atoms. The van der Waals surface area contributed by atoms with Crippen LogP contribution in [0.2, 0.25) is 0 Å². The molecule has 1 aromatic heterocycles. The SMILES string of the molecule is CN(c1oc(-c2cccc3ccccc23)nc1C#N)S(=O)(=O)c1ccc2c(c1)OCCO2. The van der Waals surface area contributed by atoms with E-state index < -0.39 is 10.0 Å². The molecule has 1 aliphatic heterocycles. The molecule has 0 aliphatic carbocycles. The van der Waals surface area contributed by atoms with Gasteiger partial charge in [0, 0.05) is 18.7 Å². The van der Waals surface area contributed by atoms with Crippen molar-refractivity contribution < 1.29 is 22.3 Å². The van der Waals surface area contributed by atoms with Crippen molar-refractivity contribution in [2.24, 2.45) is 0 Å². The summed E-state index contributed by atoms with van der Waals surface area (Å²) in [5.41, 5.74) is 0.535. The number of hydrogen-bond donors (Lipinski definition) is 0. The normalized spacial score (nSPS) is 13.0. The van der Waals surface area contributed by atoms with Gasteiger partial charge in [0.05, 0.1) is 4.90 Å². The number of anilines is 1. The van der Waals surface area contributed by atoms with Crippen LogP contribution in [0.25, 0.3) is 22.2 Å². The van der Waals surface area contributed by atoms with E-state index in [2.05, 4.69) is 4.98 Å². The Morgan fingerprint density at radius 2 is 1.75 bits per heavy atom. The predicted molar refractivity (Wildman–Crippen MR) is 117 cm³/mol. The van der Waals surface area contributed by atoms with Crippen molar-refractivity contribution in [2.45, 2.75) is 4.90 Å². The van der Waals surface area contributed by atoms with Gasteiger partial charge in [0.15, 0.2) is 11.5 Å². The van der Waals surface area contributed by atoms with Crippen molar-refractivity contribution in [1.29, 1.82) is 5.26 Å². The zero-order valence-electron chi connectivity index (χ0n) is 17.0. The lowest BCUT2D eigenvalue weighted by Crippen LogP contribution is -2.27. The van der Waals surface area contributed by atoms with Crippen molar-refractivity contribution in [3.63, 3.8) is 0 Å². The molecular weight excluding hydrogens is 430 g/mol. The average molecular weight is 447 g/mol. The highest BCUT2D eigenvalue weighted by Crippen LogP contribution is 2.36. The summed E-state index contributed by atoms with van der Waals surface area (Å²) in [5.74, 6) is 0.830. The fourth-order valence-electron chi connectivity index (χ4n) is 3.58. The van der Waals surface area contributed by atoms with E-state index in [9.17, 15) is 13.7 Å². The Kier molecular flexibility index (Phi) is 4.72. The molecule has 0 unspecified atom stereocenters. The Morgan fingerprint density at radius 1 is 1.00 bits per heavy atom. The van der Waals surface area contributed by atoms with E-state index in [0.717, 1.165) is 15.1 Å². The Hall–Kier alpha value is -4.03. The van der Waals surface area contributed by atoms with E-state index in [-0.39, 0.29) is 22.4 Å². The molecule has 1 aliphatic rings. The number of nitriles is 1. The summed E-state index contributed by atoms with van der Waals surface area (Å²) in [6, 6.07) is 19.6. The summed E-state index contributed by atoms with van der Waals surface area (Å²) < 4.78 is 44.3. The van der Waals surface area contributed by atoms with Crippen LogP contribution in [0.4, 0.5) is 5.88 Å². The molecule has 0 bridgehead atoms. The topological polar surface area (TPSA) is 106 Å². The second kappa shape index (κ2) is 7.59. The van der Waals surface area contributed by atoms with Crippen molar-refractivity contribution >= 4 is 26.7 Å². The number of benzene rings is 3. The molecule has 160 valence electrons. The maximum atomic E-state index is 13.3. The highest BCUT2D eigenvalue weighted by Gasteiger charge is 2.30. The molecule has 0 saturated heterocycles. The van der Waals surface area contributed by atoms with Gasteiger partial charge in [-0.2, -0.15) is 10.2 Å². The smallest absolute Gasteiger partial charge is 0.266 e. The molecule has 0 fully saturated rings. The minimum atomic E-state index is -4.06. The molecule has 5 rings (SSSR count). The monoisotopic (exact) mass is 447 g/mol. The van der Waals surface area contributed by atoms with Gasteiger partial charge in [-0.25, -0.2) is 12.7 Å². The second-order valence-electron chi connectivity index (χ2n) is 7.09. The van der Waals surface area contributed by atoms with Crippen LogP contribution in [-0.4, -0.2) is 33.7 Å². The fourth-order valence-corrected chi connectivity index (χ4v) is 4.73. The standard InChI is InChI=1S/C23H17N3O5S/c1-26(32(27,28)16-9-10-20-21(13-16)30-12-11-29-20)23-19(14-24)25-22(31-23)18-8-4-6-15-5-2-3-7-17(15)18/h2-10,13H,11-12H2,1H3. The minimum Gasteiger partial charge on any atom is -0.486 e. The van der Waals surface area contributed by atoms with Gasteiger partial charge in [0.25, 0.3) is 10.0 Å². The van der Waals surface area contributed by atoms with Gasteiger partial charge >= 0.3 is 0 Å². The van der Waals surface area contributed by atoms with Crippen LogP contribution >= 0.6 is 0 Å². The Morgan fingerprint density at radius 3 is 2.56 bits per heavy atom. The molecule has 0 N–H and O–H groups in total. The van der Waals surface area contributed by atoms with Gasteiger partial charge in [-0.15, -0.1) is 0 Å². The molecule has 3 aromatic carbocycles. The molecule has 2 heterocycles. The van der Waals surface area contributed by atoms with Crippen molar-refractivity contribution in [2.75, 3.05) is 24.6 Å². The lowest BCUT2D eigenvalue weighted by Gasteiger charge is -2.21. The Balaban J connectivity index is 1.58. The van der Waals surface area contributed by atoms with E-state index in [1.165, 1.54) is 19.2 Å². The number of nitrogens with zero attached hydrogens (tertiary/aromatic N) is 3. The first kappa shape index (κ1) is 19.9. The molecule has 0 radical (unpaired) electrons. The molecular formula is C23H17N3O5S. The summed E-state index contributed by atoms with van der Waals surface area (Å²) in [4.78, 5) is 4.25. The average Bonchev–Trinajstić information content (AvgIpc) is 3.27. The number of rotatable bonds is 4. The minimum absolute atomic E-state index is 0.0174. The Bertz CT molecular complexity index is 1480. The van der Waals surface area contributed by atoms with E-state index in [4.69, 9.17) is 13.9 Å². The van der Waals surface area contributed by atoms with Crippen LogP contribution in [0.15, 0.2) is 70.0 Å². The summed E-state index contributed by atoms with van der Waals surface area (Å²) >= 11 is 0.